The van der Waals surface area contributed by atoms with Crippen LogP contribution in [0.15, 0.2) is 53.9 Å². The highest BCUT2D eigenvalue weighted by atomic mass is 14.9. The molecule has 2 aromatic rings. The third kappa shape index (κ3) is 2.23. The average Bonchev–Trinajstić information content (AvgIpc) is 2.29. The van der Waals surface area contributed by atoms with Crippen LogP contribution in [0, 0.1) is 0 Å². The molecule has 0 aliphatic heterocycles. The standard InChI is InChI=1S/C11H9N3/c1-2-6-13-11(3-1)14-9-10-4-7-12-8-5-10/h1-9H. The maximum absolute atomic E-state index is 4.21. The van der Waals surface area contributed by atoms with Gasteiger partial charge in [-0.1, -0.05) is 6.07 Å². The van der Waals surface area contributed by atoms with Gasteiger partial charge in [-0.3, -0.25) is 4.98 Å². The maximum Gasteiger partial charge on any atom is 0.151 e. The Morgan fingerprint density at radius 3 is 2.57 bits per heavy atom. The Morgan fingerprint density at radius 1 is 1.00 bits per heavy atom. The SMILES string of the molecule is C(=Nc1ccccn1)c1ccncc1. The zero-order valence-corrected chi connectivity index (χ0v) is 7.54. The van der Waals surface area contributed by atoms with Crippen LogP contribution in [0.5, 0.6) is 0 Å². The fourth-order valence-electron chi connectivity index (χ4n) is 1.02. The second kappa shape index (κ2) is 4.28. The van der Waals surface area contributed by atoms with Crippen molar-refractivity contribution in [2.24, 2.45) is 4.99 Å². The summed E-state index contributed by atoms with van der Waals surface area (Å²) >= 11 is 0. The van der Waals surface area contributed by atoms with Crippen molar-refractivity contribution in [1.82, 2.24) is 9.97 Å². The molecule has 2 heterocycles. The highest BCUT2D eigenvalue weighted by Crippen LogP contribution is 2.04. The summed E-state index contributed by atoms with van der Waals surface area (Å²) in [5.41, 5.74) is 1.02. The number of hydrogen-bond acceptors (Lipinski definition) is 3. The summed E-state index contributed by atoms with van der Waals surface area (Å²) in [5, 5.41) is 0. The molecule has 0 radical (unpaired) electrons. The number of aliphatic imine (C=N–C) groups is 1. The summed E-state index contributed by atoms with van der Waals surface area (Å²) in [6.45, 7) is 0. The minimum Gasteiger partial charge on any atom is -0.265 e. The number of aromatic nitrogens is 2. The van der Waals surface area contributed by atoms with E-state index in [1.165, 1.54) is 0 Å². The van der Waals surface area contributed by atoms with Crippen LogP contribution in [0.4, 0.5) is 5.82 Å². The summed E-state index contributed by atoms with van der Waals surface area (Å²) in [6.07, 6.45) is 6.96. The molecule has 0 unspecified atom stereocenters. The highest BCUT2D eigenvalue weighted by Gasteiger charge is 1.86. The van der Waals surface area contributed by atoms with Crippen LogP contribution < -0.4 is 0 Å². The molecule has 0 amide bonds. The number of nitrogens with zero attached hydrogens (tertiary/aromatic N) is 3. The van der Waals surface area contributed by atoms with Crippen LogP contribution in [-0.2, 0) is 0 Å². The molecule has 0 saturated heterocycles. The predicted molar refractivity (Wildman–Crippen MR) is 55.7 cm³/mol. The van der Waals surface area contributed by atoms with Gasteiger partial charge in [-0.2, -0.15) is 0 Å². The Kier molecular flexibility index (Phi) is 2.62. The van der Waals surface area contributed by atoms with Gasteiger partial charge in [0.05, 0.1) is 0 Å². The molecule has 2 aromatic heterocycles. The van der Waals surface area contributed by atoms with E-state index in [-0.39, 0.29) is 0 Å². The fourth-order valence-corrected chi connectivity index (χ4v) is 1.02. The molecule has 3 heteroatoms. The van der Waals surface area contributed by atoms with Crippen molar-refractivity contribution in [3.63, 3.8) is 0 Å². The smallest absolute Gasteiger partial charge is 0.151 e. The van der Waals surface area contributed by atoms with Gasteiger partial charge in [0.15, 0.2) is 5.82 Å². The van der Waals surface area contributed by atoms with Crippen LogP contribution in [0.2, 0.25) is 0 Å². The molecule has 0 bridgehead atoms. The van der Waals surface area contributed by atoms with E-state index in [9.17, 15) is 0 Å². The van der Waals surface area contributed by atoms with Gasteiger partial charge in [0.1, 0.15) is 0 Å². The minimum absolute atomic E-state index is 0.712. The number of rotatable bonds is 2. The van der Waals surface area contributed by atoms with E-state index in [0.29, 0.717) is 5.82 Å². The van der Waals surface area contributed by atoms with Crippen LogP contribution in [-0.4, -0.2) is 16.2 Å². The quantitative estimate of drug-likeness (QED) is 0.669. The Balaban J connectivity index is 2.16. The second-order valence-corrected chi connectivity index (χ2v) is 2.73. The molecule has 0 N–H and O–H groups in total. The molecule has 0 saturated carbocycles. The Morgan fingerprint density at radius 2 is 1.86 bits per heavy atom. The van der Waals surface area contributed by atoms with Crippen molar-refractivity contribution in [1.29, 1.82) is 0 Å². The summed E-state index contributed by atoms with van der Waals surface area (Å²) in [7, 11) is 0. The van der Waals surface area contributed by atoms with Crippen molar-refractivity contribution >= 4 is 12.0 Å². The zero-order valence-electron chi connectivity index (χ0n) is 7.54. The van der Waals surface area contributed by atoms with Gasteiger partial charge in [0, 0.05) is 24.8 Å². The lowest BCUT2D eigenvalue weighted by Gasteiger charge is -1.91. The molecular formula is C11H9N3. The van der Waals surface area contributed by atoms with E-state index < -0.39 is 0 Å². The van der Waals surface area contributed by atoms with Crippen LogP contribution in [0.25, 0.3) is 0 Å². The van der Waals surface area contributed by atoms with Gasteiger partial charge in [0.25, 0.3) is 0 Å². The van der Waals surface area contributed by atoms with Gasteiger partial charge in [-0.05, 0) is 29.8 Å². The Labute approximate surface area is 82.2 Å². The van der Waals surface area contributed by atoms with Gasteiger partial charge in [-0.15, -0.1) is 0 Å². The lowest BCUT2D eigenvalue weighted by Crippen LogP contribution is -1.80. The van der Waals surface area contributed by atoms with Gasteiger partial charge >= 0.3 is 0 Å². The van der Waals surface area contributed by atoms with Crippen LogP contribution in [0.1, 0.15) is 5.56 Å². The van der Waals surface area contributed by atoms with E-state index in [4.69, 9.17) is 0 Å². The predicted octanol–water partition coefficient (Wildman–Crippen LogP) is 2.23. The first-order chi connectivity index (χ1) is 6.95. The summed E-state index contributed by atoms with van der Waals surface area (Å²) in [4.78, 5) is 12.2. The minimum atomic E-state index is 0.712. The Bertz CT molecular complexity index is 368. The van der Waals surface area contributed by atoms with Gasteiger partial charge in [0.2, 0.25) is 0 Å². The molecule has 0 aromatic carbocycles. The van der Waals surface area contributed by atoms with Crippen molar-refractivity contribution in [3.8, 4) is 0 Å². The second-order valence-electron chi connectivity index (χ2n) is 2.73. The molecule has 3 nitrogen and oxygen atoms in total. The first-order valence-corrected chi connectivity index (χ1v) is 4.30. The third-order valence-corrected chi connectivity index (χ3v) is 1.70. The van der Waals surface area contributed by atoms with E-state index in [1.807, 2.05) is 30.3 Å². The highest BCUT2D eigenvalue weighted by molar-refractivity contribution is 5.81. The summed E-state index contributed by atoms with van der Waals surface area (Å²) < 4.78 is 0. The molecule has 0 fully saturated rings. The topological polar surface area (TPSA) is 38.1 Å². The summed E-state index contributed by atoms with van der Waals surface area (Å²) in [6, 6.07) is 9.42. The first-order valence-electron chi connectivity index (χ1n) is 4.30. The van der Waals surface area contributed by atoms with E-state index in [0.717, 1.165) is 5.56 Å². The molecule has 0 atom stereocenters. The monoisotopic (exact) mass is 183 g/mol. The third-order valence-electron chi connectivity index (χ3n) is 1.70. The molecule has 2 rings (SSSR count). The van der Waals surface area contributed by atoms with Crippen molar-refractivity contribution < 1.29 is 0 Å². The largest absolute Gasteiger partial charge is 0.265 e. The van der Waals surface area contributed by atoms with E-state index >= 15 is 0 Å². The lowest BCUT2D eigenvalue weighted by atomic mass is 10.3. The Hall–Kier alpha value is -2.03. The van der Waals surface area contributed by atoms with Gasteiger partial charge in [-0.25, -0.2) is 9.98 Å². The van der Waals surface area contributed by atoms with Crippen LogP contribution in [0.3, 0.4) is 0 Å². The molecular weight excluding hydrogens is 174 g/mol. The summed E-state index contributed by atoms with van der Waals surface area (Å²) in [5.74, 6) is 0.712. The molecule has 14 heavy (non-hydrogen) atoms. The van der Waals surface area contributed by atoms with Gasteiger partial charge < -0.3 is 0 Å². The van der Waals surface area contributed by atoms with Crippen molar-refractivity contribution in [2.45, 2.75) is 0 Å². The maximum atomic E-state index is 4.21. The van der Waals surface area contributed by atoms with Crippen molar-refractivity contribution in [2.75, 3.05) is 0 Å². The molecule has 0 aliphatic carbocycles. The van der Waals surface area contributed by atoms with Crippen molar-refractivity contribution in [3.05, 3.63) is 54.5 Å². The molecule has 68 valence electrons. The molecule has 0 aliphatic rings. The number of hydrogen-bond donors (Lipinski definition) is 0. The fraction of sp³-hybridized carbons (Fsp3) is 0. The first kappa shape index (κ1) is 8.56. The van der Waals surface area contributed by atoms with Crippen LogP contribution >= 0.6 is 0 Å². The normalized spacial score (nSPS) is 10.6. The van der Waals surface area contributed by atoms with E-state index in [2.05, 4.69) is 15.0 Å². The molecule has 0 spiro atoms. The average molecular weight is 183 g/mol. The zero-order chi connectivity index (χ0) is 9.64. The lowest BCUT2D eigenvalue weighted by molar-refractivity contribution is 1.28. The van der Waals surface area contributed by atoms with E-state index in [1.54, 1.807) is 24.8 Å². The number of pyridine rings is 2.